The Morgan fingerprint density at radius 1 is 0.971 bits per heavy atom. The van der Waals surface area contributed by atoms with Gasteiger partial charge >= 0.3 is 0 Å². The van der Waals surface area contributed by atoms with Gasteiger partial charge in [-0.2, -0.15) is 4.31 Å². The van der Waals surface area contributed by atoms with Gasteiger partial charge in [-0.25, -0.2) is 18.4 Å². The molecule has 2 aliphatic heterocycles. The maximum Gasteiger partial charge on any atom is 0.244 e. The Morgan fingerprint density at radius 2 is 1.71 bits per heavy atom. The van der Waals surface area contributed by atoms with E-state index in [4.69, 9.17) is 9.72 Å². The van der Waals surface area contributed by atoms with Gasteiger partial charge in [0.25, 0.3) is 0 Å². The number of aromatic nitrogens is 2. The lowest BCUT2D eigenvalue weighted by atomic mass is 10.2. The van der Waals surface area contributed by atoms with E-state index >= 15 is 0 Å². The maximum atomic E-state index is 12.8. The Morgan fingerprint density at radius 3 is 2.38 bits per heavy atom. The first-order valence-electron chi connectivity index (χ1n) is 11.5. The first-order valence-corrected chi connectivity index (χ1v) is 13.8. The first kappa shape index (κ1) is 23.4. The van der Waals surface area contributed by atoms with Gasteiger partial charge in [0.05, 0.1) is 18.9 Å². The number of thiazole rings is 1. The van der Waals surface area contributed by atoms with Gasteiger partial charge in [-0.1, -0.05) is 29.8 Å². The number of ether oxygens (including phenoxy) is 1. The standard InChI is InChI=1S/C24H29N5O3S2/c1-19-2-4-20(5-3-19)24-26-21(18-33-24)17-27-8-10-28(11-9-27)23-7-6-22(16-25-23)34(30,31)29-12-14-32-15-13-29/h2-7,16,18H,8-15,17H2,1H3. The lowest BCUT2D eigenvalue weighted by Crippen LogP contribution is -2.46. The third-order valence-corrected chi connectivity index (χ3v) is 9.08. The van der Waals surface area contributed by atoms with Gasteiger partial charge in [-0.15, -0.1) is 11.3 Å². The van der Waals surface area contributed by atoms with E-state index in [2.05, 4.69) is 51.4 Å². The number of anilines is 1. The zero-order valence-corrected chi connectivity index (χ0v) is 20.9. The monoisotopic (exact) mass is 499 g/mol. The van der Waals surface area contributed by atoms with Crippen LogP contribution in [0.15, 0.2) is 52.9 Å². The second-order valence-electron chi connectivity index (χ2n) is 8.64. The second-order valence-corrected chi connectivity index (χ2v) is 11.4. The Bertz CT molecular complexity index is 1200. The number of piperazine rings is 1. The molecule has 0 spiro atoms. The second kappa shape index (κ2) is 10.1. The quantitative estimate of drug-likeness (QED) is 0.516. The number of rotatable bonds is 6. The first-order chi connectivity index (χ1) is 16.5. The Balaban J connectivity index is 1.16. The van der Waals surface area contributed by atoms with Crippen LogP contribution in [0.5, 0.6) is 0 Å². The lowest BCUT2D eigenvalue weighted by Gasteiger charge is -2.35. The summed E-state index contributed by atoms with van der Waals surface area (Å²) in [4.78, 5) is 14.2. The highest BCUT2D eigenvalue weighted by atomic mass is 32.2. The SMILES string of the molecule is Cc1ccc(-c2nc(CN3CCN(c4ccc(S(=O)(=O)N5CCOCC5)cn4)CC3)cs2)cc1. The van der Waals surface area contributed by atoms with Crippen molar-refractivity contribution in [1.82, 2.24) is 19.2 Å². The molecule has 2 fully saturated rings. The largest absolute Gasteiger partial charge is 0.379 e. The molecule has 4 heterocycles. The molecule has 10 heteroatoms. The van der Waals surface area contributed by atoms with E-state index in [1.807, 2.05) is 6.07 Å². The van der Waals surface area contributed by atoms with Crippen molar-refractivity contribution >= 4 is 27.2 Å². The van der Waals surface area contributed by atoms with E-state index in [1.165, 1.54) is 16.1 Å². The molecular weight excluding hydrogens is 470 g/mol. The summed E-state index contributed by atoms with van der Waals surface area (Å²) in [5, 5.41) is 3.21. The molecule has 8 nitrogen and oxygen atoms in total. The summed E-state index contributed by atoms with van der Waals surface area (Å²) < 4.78 is 32.3. The highest BCUT2D eigenvalue weighted by molar-refractivity contribution is 7.89. The number of benzene rings is 1. The van der Waals surface area contributed by atoms with Crippen LogP contribution >= 0.6 is 11.3 Å². The molecule has 1 aromatic carbocycles. The number of nitrogens with zero attached hydrogens (tertiary/aromatic N) is 5. The van der Waals surface area contributed by atoms with Gasteiger partial charge in [-0.3, -0.25) is 4.90 Å². The van der Waals surface area contributed by atoms with E-state index in [0.717, 1.165) is 54.8 Å². The van der Waals surface area contributed by atoms with Crippen molar-refractivity contribution < 1.29 is 13.2 Å². The molecule has 0 N–H and O–H groups in total. The molecule has 0 atom stereocenters. The van der Waals surface area contributed by atoms with Crippen LogP contribution in [0.3, 0.4) is 0 Å². The van der Waals surface area contributed by atoms with Crippen molar-refractivity contribution in [2.24, 2.45) is 0 Å². The van der Waals surface area contributed by atoms with Crippen LogP contribution in [0.1, 0.15) is 11.3 Å². The molecular formula is C24H29N5O3S2. The summed E-state index contributed by atoms with van der Waals surface area (Å²) in [7, 11) is -3.52. The molecule has 0 unspecified atom stereocenters. The third-order valence-electron chi connectivity index (χ3n) is 6.26. The van der Waals surface area contributed by atoms with Crippen molar-refractivity contribution in [3.05, 3.63) is 59.2 Å². The number of morpholine rings is 1. The molecule has 2 saturated heterocycles. The number of hydrogen-bond donors (Lipinski definition) is 0. The van der Waals surface area contributed by atoms with E-state index in [0.29, 0.717) is 26.3 Å². The summed E-state index contributed by atoms with van der Waals surface area (Å²) >= 11 is 1.69. The fourth-order valence-corrected chi connectivity index (χ4v) is 6.39. The van der Waals surface area contributed by atoms with Gasteiger partial charge in [0.2, 0.25) is 10.0 Å². The van der Waals surface area contributed by atoms with Gasteiger partial charge in [0, 0.05) is 63.0 Å². The summed E-state index contributed by atoms with van der Waals surface area (Å²) in [6.07, 6.45) is 1.48. The smallest absolute Gasteiger partial charge is 0.244 e. The Labute approximate surface area is 204 Å². The fourth-order valence-electron chi connectivity index (χ4n) is 4.22. The Hall–Kier alpha value is -2.37. The minimum Gasteiger partial charge on any atom is -0.379 e. The highest BCUT2D eigenvalue weighted by Gasteiger charge is 2.27. The fraction of sp³-hybridized carbons (Fsp3) is 0.417. The molecule has 0 radical (unpaired) electrons. The molecule has 0 saturated carbocycles. The maximum absolute atomic E-state index is 12.8. The van der Waals surface area contributed by atoms with E-state index < -0.39 is 10.0 Å². The number of pyridine rings is 1. The molecule has 180 valence electrons. The van der Waals surface area contributed by atoms with E-state index in [1.54, 1.807) is 17.4 Å². The van der Waals surface area contributed by atoms with Gasteiger partial charge < -0.3 is 9.64 Å². The van der Waals surface area contributed by atoms with Crippen LogP contribution in [0.25, 0.3) is 10.6 Å². The molecule has 2 aromatic heterocycles. The zero-order valence-electron chi connectivity index (χ0n) is 19.3. The van der Waals surface area contributed by atoms with Crippen LogP contribution in [-0.2, 0) is 21.3 Å². The van der Waals surface area contributed by atoms with Gasteiger partial charge in [0.1, 0.15) is 15.7 Å². The number of aryl methyl sites for hydroxylation is 1. The van der Waals surface area contributed by atoms with E-state index in [9.17, 15) is 8.42 Å². The lowest BCUT2D eigenvalue weighted by molar-refractivity contribution is 0.0730. The number of sulfonamides is 1. The topological polar surface area (TPSA) is 78.9 Å². The van der Waals surface area contributed by atoms with Crippen molar-refractivity contribution in [3.63, 3.8) is 0 Å². The molecule has 0 aliphatic carbocycles. The average molecular weight is 500 g/mol. The van der Waals surface area contributed by atoms with Crippen LogP contribution in [0, 0.1) is 6.92 Å². The third kappa shape index (κ3) is 5.16. The van der Waals surface area contributed by atoms with E-state index in [-0.39, 0.29) is 4.90 Å². The van der Waals surface area contributed by atoms with Crippen LogP contribution in [0.4, 0.5) is 5.82 Å². The summed E-state index contributed by atoms with van der Waals surface area (Å²) in [6, 6.07) is 12.0. The normalized spacial score (nSPS) is 18.3. The molecule has 34 heavy (non-hydrogen) atoms. The van der Waals surface area contributed by atoms with Crippen molar-refractivity contribution in [2.75, 3.05) is 57.4 Å². The minimum atomic E-state index is -3.52. The zero-order chi connectivity index (χ0) is 23.5. The average Bonchev–Trinajstić information content (AvgIpc) is 3.34. The Kier molecular flexibility index (Phi) is 6.94. The predicted molar refractivity (Wildman–Crippen MR) is 134 cm³/mol. The summed E-state index contributed by atoms with van der Waals surface area (Å²) in [6.45, 7) is 8.07. The van der Waals surface area contributed by atoms with Crippen molar-refractivity contribution in [1.29, 1.82) is 0 Å². The predicted octanol–water partition coefficient (Wildman–Crippen LogP) is 2.86. The molecule has 3 aromatic rings. The summed E-state index contributed by atoms with van der Waals surface area (Å²) in [5.74, 6) is 0.816. The molecule has 0 bridgehead atoms. The highest BCUT2D eigenvalue weighted by Crippen LogP contribution is 2.25. The van der Waals surface area contributed by atoms with Crippen molar-refractivity contribution in [3.8, 4) is 10.6 Å². The molecule has 0 amide bonds. The van der Waals surface area contributed by atoms with Crippen LogP contribution in [0.2, 0.25) is 0 Å². The van der Waals surface area contributed by atoms with Crippen LogP contribution < -0.4 is 4.90 Å². The molecule has 5 rings (SSSR count). The van der Waals surface area contributed by atoms with Crippen molar-refractivity contribution in [2.45, 2.75) is 18.4 Å². The van der Waals surface area contributed by atoms with Gasteiger partial charge in [-0.05, 0) is 19.1 Å². The summed E-state index contributed by atoms with van der Waals surface area (Å²) in [5.41, 5.74) is 3.52. The minimum absolute atomic E-state index is 0.240. The number of hydrogen-bond acceptors (Lipinski definition) is 8. The van der Waals surface area contributed by atoms with Crippen LogP contribution in [-0.4, -0.2) is 80.1 Å². The van der Waals surface area contributed by atoms with Gasteiger partial charge in [0.15, 0.2) is 0 Å². The molecule has 2 aliphatic rings.